The lowest BCUT2D eigenvalue weighted by molar-refractivity contribution is 0.100. The van der Waals surface area contributed by atoms with E-state index in [-0.39, 0.29) is 5.91 Å². The second-order valence-electron chi connectivity index (χ2n) is 7.44. The van der Waals surface area contributed by atoms with Crippen molar-refractivity contribution in [3.05, 3.63) is 59.2 Å². The summed E-state index contributed by atoms with van der Waals surface area (Å²) in [6.45, 7) is 6.58. The van der Waals surface area contributed by atoms with Gasteiger partial charge in [-0.05, 0) is 60.7 Å². The van der Waals surface area contributed by atoms with E-state index in [1.807, 2.05) is 18.2 Å². The van der Waals surface area contributed by atoms with Crippen molar-refractivity contribution in [3.8, 4) is 11.1 Å². The number of nitrogens with two attached hydrogens (primary N) is 1. The minimum Gasteiger partial charge on any atom is -0.366 e. The molecule has 0 radical (unpaired) electrons. The van der Waals surface area contributed by atoms with Gasteiger partial charge in [0.2, 0.25) is 5.91 Å². The highest BCUT2D eigenvalue weighted by molar-refractivity contribution is 5.94. The maximum atomic E-state index is 11.4. The number of amides is 1. The first-order valence-electron chi connectivity index (χ1n) is 9.82. The van der Waals surface area contributed by atoms with Gasteiger partial charge in [-0.2, -0.15) is 0 Å². The molecule has 2 aromatic rings. The Kier molecular flexibility index (Phi) is 6.10. The zero-order valence-electron chi connectivity index (χ0n) is 16.0. The van der Waals surface area contributed by atoms with Gasteiger partial charge in [0.15, 0.2) is 0 Å². The van der Waals surface area contributed by atoms with Gasteiger partial charge in [-0.25, -0.2) is 0 Å². The molecule has 0 spiro atoms. The summed E-state index contributed by atoms with van der Waals surface area (Å²) in [6, 6.07) is 14.9. The van der Waals surface area contributed by atoms with Crippen molar-refractivity contribution in [2.75, 3.05) is 6.54 Å². The first-order valence-corrected chi connectivity index (χ1v) is 9.82. The van der Waals surface area contributed by atoms with Gasteiger partial charge < -0.3 is 5.73 Å². The fourth-order valence-corrected chi connectivity index (χ4v) is 4.07. The van der Waals surface area contributed by atoms with Crippen LogP contribution in [0, 0.1) is 6.92 Å². The summed E-state index contributed by atoms with van der Waals surface area (Å²) < 4.78 is 0. The van der Waals surface area contributed by atoms with Gasteiger partial charge >= 0.3 is 0 Å². The standard InChI is InChI=1S/C23H30N2O/c1-3-25(22-10-5-4-6-11-22)16-21-13-12-19(14-17(21)2)18-8-7-9-20(15-18)23(24)26/h7-9,12-15,22H,3-6,10-11,16H2,1-2H3,(H2,24,26). The molecule has 138 valence electrons. The first kappa shape index (κ1) is 18.7. The minimum absolute atomic E-state index is 0.383. The molecular weight excluding hydrogens is 320 g/mol. The third-order valence-electron chi connectivity index (χ3n) is 5.69. The molecular formula is C23H30N2O. The average molecular weight is 351 g/mol. The highest BCUT2D eigenvalue weighted by Crippen LogP contribution is 2.27. The van der Waals surface area contributed by atoms with Gasteiger partial charge in [-0.3, -0.25) is 9.69 Å². The van der Waals surface area contributed by atoms with E-state index >= 15 is 0 Å². The van der Waals surface area contributed by atoms with Crippen molar-refractivity contribution in [2.45, 2.75) is 58.5 Å². The zero-order chi connectivity index (χ0) is 18.5. The molecule has 1 aliphatic carbocycles. The van der Waals surface area contributed by atoms with Crippen LogP contribution in [0.3, 0.4) is 0 Å². The van der Waals surface area contributed by atoms with Crippen molar-refractivity contribution < 1.29 is 4.79 Å². The largest absolute Gasteiger partial charge is 0.366 e. The number of carbonyl (C=O) groups is 1. The van der Waals surface area contributed by atoms with Crippen LogP contribution >= 0.6 is 0 Å². The summed E-state index contributed by atoms with van der Waals surface area (Å²) in [7, 11) is 0. The van der Waals surface area contributed by atoms with Crippen molar-refractivity contribution in [2.24, 2.45) is 5.73 Å². The van der Waals surface area contributed by atoms with Crippen LogP contribution in [0.5, 0.6) is 0 Å². The smallest absolute Gasteiger partial charge is 0.248 e. The van der Waals surface area contributed by atoms with Crippen LogP contribution in [0.25, 0.3) is 11.1 Å². The number of aryl methyl sites for hydroxylation is 1. The van der Waals surface area contributed by atoms with Gasteiger partial charge in [-0.1, -0.05) is 56.5 Å². The van der Waals surface area contributed by atoms with Crippen LogP contribution in [0.1, 0.15) is 60.5 Å². The molecule has 3 nitrogen and oxygen atoms in total. The Morgan fingerprint density at radius 2 is 1.81 bits per heavy atom. The number of hydrogen-bond donors (Lipinski definition) is 1. The van der Waals surface area contributed by atoms with Crippen molar-refractivity contribution in [1.82, 2.24) is 4.90 Å². The molecule has 1 aliphatic rings. The maximum Gasteiger partial charge on any atom is 0.248 e. The molecule has 2 aromatic carbocycles. The molecule has 2 N–H and O–H groups in total. The normalized spacial score (nSPS) is 15.3. The lowest BCUT2D eigenvalue weighted by Crippen LogP contribution is -2.36. The summed E-state index contributed by atoms with van der Waals surface area (Å²) in [6.07, 6.45) is 6.81. The Morgan fingerprint density at radius 3 is 2.46 bits per heavy atom. The summed E-state index contributed by atoms with van der Waals surface area (Å²) >= 11 is 0. The molecule has 0 heterocycles. The SMILES string of the molecule is CCN(Cc1ccc(-c2cccc(C(N)=O)c2)cc1C)C1CCCCC1. The third kappa shape index (κ3) is 4.34. The van der Waals surface area contributed by atoms with Crippen molar-refractivity contribution in [1.29, 1.82) is 0 Å². The highest BCUT2D eigenvalue weighted by Gasteiger charge is 2.20. The van der Waals surface area contributed by atoms with Gasteiger partial charge in [0.25, 0.3) is 0 Å². The van der Waals surface area contributed by atoms with Crippen molar-refractivity contribution in [3.63, 3.8) is 0 Å². The van der Waals surface area contributed by atoms with Gasteiger partial charge in [0.05, 0.1) is 0 Å². The molecule has 0 aliphatic heterocycles. The maximum absolute atomic E-state index is 11.4. The minimum atomic E-state index is -0.383. The molecule has 1 saturated carbocycles. The van der Waals surface area contributed by atoms with Crippen molar-refractivity contribution >= 4 is 5.91 Å². The molecule has 0 unspecified atom stereocenters. The Hall–Kier alpha value is -2.13. The van der Waals surface area contributed by atoms with Gasteiger partial charge in [0, 0.05) is 18.2 Å². The molecule has 0 saturated heterocycles. The van der Waals surface area contributed by atoms with Crippen LogP contribution < -0.4 is 5.73 Å². The van der Waals surface area contributed by atoms with E-state index in [9.17, 15) is 4.79 Å². The lowest BCUT2D eigenvalue weighted by Gasteiger charge is -2.34. The van der Waals surface area contributed by atoms with Gasteiger partial charge in [0.1, 0.15) is 0 Å². The number of rotatable bonds is 6. The second kappa shape index (κ2) is 8.50. The van der Waals surface area contributed by atoms with Crippen LogP contribution in [-0.2, 0) is 6.54 Å². The van der Waals surface area contributed by atoms with E-state index in [4.69, 9.17) is 5.73 Å². The molecule has 1 fully saturated rings. The molecule has 0 aromatic heterocycles. The predicted molar refractivity (Wildman–Crippen MR) is 108 cm³/mol. The number of carbonyl (C=O) groups excluding carboxylic acids is 1. The third-order valence-corrected chi connectivity index (χ3v) is 5.69. The number of hydrogen-bond acceptors (Lipinski definition) is 2. The summed E-state index contributed by atoms with van der Waals surface area (Å²) in [5.74, 6) is -0.383. The topological polar surface area (TPSA) is 46.3 Å². The Balaban J connectivity index is 1.78. The summed E-state index contributed by atoms with van der Waals surface area (Å²) in [4.78, 5) is 14.1. The quantitative estimate of drug-likeness (QED) is 0.804. The van der Waals surface area contributed by atoms with Crippen LogP contribution in [0.4, 0.5) is 0 Å². The van der Waals surface area contributed by atoms with E-state index < -0.39 is 0 Å². The van der Waals surface area contributed by atoms with Crippen LogP contribution in [-0.4, -0.2) is 23.4 Å². The van der Waals surface area contributed by atoms with E-state index in [1.54, 1.807) is 6.07 Å². The van der Waals surface area contributed by atoms with Gasteiger partial charge in [-0.15, -0.1) is 0 Å². The lowest BCUT2D eigenvalue weighted by atomic mass is 9.93. The van der Waals surface area contributed by atoms with E-state index in [2.05, 4.69) is 36.9 Å². The fourth-order valence-electron chi connectivity index (χ4n) is 4.07. The molecule has 0 bridgehead atoms. The molecule has 3 rings (SSSR count). The Bertz CT molecular complexity index is 763. The van der Waals surface area contributed by atoms with E-state index in [0.29, 0.717) is 5.56 Å². The zero-order valence-corrected chi connectivity index (χ0v) is 16.0. The molecule has 26 heavy (non-hydrogen) atoms. The van der Waals surface area contributed by atoms with Crippen LogP contribution in [0.2, 0.25) is 0 Å². The van der Waals surface area contributed by atoms with E-state index in [1.165, 1.54) is 43.2 Å². The Morgan fingerprint density at radius 1 is 1.08 bits per heavy atom. The number of primary amides is 1. The predicted octanol–water partition coefficient (Wildman–Crippen LogP) is 4.92. The molecule has 0 atom stereocenters. The number of nitrogens with zero attached hydrogens (tertiary/aromatic N) is 1. The Labute approximate surface area is 157 Å². The van der Waals surface area contributed by atoms with Crippen LogP contribution in [0.15, 0.2) is 42.5 Å². The molecule has 3 heteroatoms. The molecule has 1 amide bonds. The second-order valence-corrected chi connectivity index (χ2v) is 7.44. The first-order chi connectivity index (χ1) is 12.6. The summed E-state index contributed by atoms with van der Waals surface area (Å²) in [5.41, 5.74) is 10.8. The monoisotopic (exact) mass is 350 g/mol. The fraction of sp³-hybridized carbons (Fsp3) is 0.435. The average Bonchev–Trinajstić information content (AvgIpc) is 2.67. The summed E-state index contributed by atoms with van der Waals surface area (Å²) in [5, 5.41) is 0. The highest BCUT2D eigenvalue weighted by atomic mass is 16.1. The van der Waals surface area contributed by atoms with E-state index in [0.717, 1.165) is 30.3 Å². The number of benzene rings is 2.